The molecule has 4 aromatic rings. The molecule has 160 valence electrons. The summed E-state index contributed by atoms with van der Waals surface area (Å²) in [6.07, 6.45) is -0.658. The van der Waals surface area contributed by atoms with Crippen LogP contribution in [0.4, 0.5) is 4.79 Å². The van der Waals surface area contributed by atoms with Gasteiger partial charge in [-0.05, 0) is 48.2 Å². The fourth-order valence-corrected chi connectivity index (χ4v) is 4.23. The summed E-state index contributed by atoms with van der Waals surface area (Å²) in [5, 5.41) is 10.6. The molecule has 1 aliphatic rings. The predicted molar refractivity (Wildman–Crippen MR) is 120 cm³/mol. The van der Waals surface area contributed by atoms with Gasteiger partial charge in [0.05, 0.1) is 5.52 Å². The van der Waals surface area contributed by atoms with E-state index in [-0.39, 0.29) is 12.5 Å². The lowest BCUT2D eigenvalue weighted by Crippen LogP contribution is -2.52. The largest absolute Gasteiger partial charge is 0.449 e. The number of carbonyl (C=O) groups excluding carboxylic acids is 2. The van der Waals surface area contributed by atoms with Gasteiger partial charge >= 0.3 is 6.09 Å². The molecule has 5 rings (SSSR count). The molecule has 0 spiro atoms. The van der Waals surface area contributed by atoms with Crippen LogP contribution in [-0.2, 0) is 4.74 Å². The van der Waals surface area contributed by atoms with Crippen LogP contribution in [-0.4, -0.2) is 39.1 Å². The summed E-state index contributed by atoms with van der Waals surface area (Å²) in [5.74, 6) is -0.453. The quantitative estimate of drug-likeness (QED) is 0.523. The Morgan fingerprint density at radius 1 is 0.938 bits per heavy atom. The lowest BCUT2D eigenvalue weighted by atomic mass is 9.98. The maximum absolute atomic E-state index is 13.1. The lowest BCUT2D eigenvalue weighted by molar-refractivity contribution is 0.0752. The summed E-state index contributed by atoms with van der Waals surface area (Å²) in [7, 11) is 0. The summed E-state index contributed by atoms with van der Waals surface area (Å²) in [6.45, 7) is 3.41. The second-order valence-electron chi connectivity index (χ2n) is 8.37. The maximum atomic E-state index is 13.1. The van der Waals surface area contributed by atoms with E-state index in [2.05, 4.69) is 39.9 Å². The minimum absolute atomic E-state index is 0.0498. The van der Waals surface area contributed by atoms with E-state index in [0.717, 1.165) is 22.3 Å². The van der Waals surface area contributed by atoms with Crippen molar-refractivity contribution in [1.29, 1.82) is 0 Å². The van der Waals surface area contributed by atoms with Crippen molar-refractivity contribution in [2.24, 2.45) is 0 Å². The average molecular weight is 426 g/mol. The highest BCUT2D eigenvalue weighted by Gasteiger charge is 2.34. The second kappa shape index (κ2) is 7.60. The van der Waals surface area contributed by atoms with E-state index < -0.39 is 17.5 Å². The molecule has 1 heterocycles. The van der Waals surface area contributed by atoms with Gasteiger partial charge in [-0.2, -0.15) is 4.68 Å². The Labute approximate surface area is 185 Å². The number of hydrogen-bond donors (Lipinski definition) is 1. The van der Waals surface area contributed by atoms with Crippen LogP contribution in [0.15, 0.2) is 72.8 Å². The first-order chi connectivity index (χ1) is 15.5. The Kier molecular flexibility index (Phi) is 4.74. The molecule has 0 saturated heterocycles. The van der Waals surface area contributed by atoms with Crippen molar-refractivity contribution in [3.63, 3.8) is 0 Å². The van der Waals surface area contributed by atoms with Gasteiger partial charge in [0.2, 0.25) is 0 Å². The minimum atomic E-state index is -1.24. The zero-order valence-corrected chi connectivity index (χ0v) is 17.8. The first-order valence-corrected chi connectivity index (χ1v) is 10.4. The number of rotatable bonds is 4. The number of ether oxygens (including phenoxy) is 1. The van der Waals surface area contributed by atoms with Crippen LogP contribution in [0.25, 0.3) is 22.2 Å². The highest BCUT2D eigenvalue weighted by atomic mass is 16.5. The number of para-hydroxylation sites is 1. The number of carbonyl (C=O) groups is 2. The lowest BCUT2D eigenvalue weighted by Gasteiger charge is -2.24. The Hall–Kier alpha value is -4.00. The molecule has 1 amide bonds. The van der Waals surface area contributed by atoms with Gasteiger partial charge in [-0.25, -0.2) is 4.79 Å². The first-order valence-electron chi connectivity index (χ1n) is 10.4. The number of fused-ring (bicyclic) bond motifs is 4. The first kappa shape index (κ1) is 19.9. The molecule has 0 aliphatic heterocycles. The second-order valence-corrected chi connectivity index (χ2v) is 8.37. The van der Waals surface area contributed by atoms with Crippen LogP contribution in [0.1, 0.15) is 35.7 Å². The van der Waals surface area contributed by atoms with Crippen LogP contribution in [0.3, 0.4) is 0 Å². The monoisotopic (exact) mass is 426 g/mol. The summed E-state index contributed by atoms with van der Waals surface area (Å²) < 4.78 is 6.79. The smallest absolute Gasteiger partial charge is 0.408 e. The van der Waals surface area contributed by atoms with E-state index in [1.165, 1.54) is 4.68 Å². The predicted octanol–water partition coefficient (Wildman–Crippen LogP) is 4.39. The van der Waals surface area contributed by atoms with Crippen molar-refractivity contribution in [2.45, 2.75) is 25.3 Å². The number of amides is 1. The maximum Gasteiger partial charge on any atom is 0.408 e. The summed E-state index contributed by atoms with van der Waals surface area (Å²) >= 11 is 0. The van der Waals surface area contributed by atoms with Crippen LogP contribution >= 0.6 is 0 Å². The summed E-state index contributed by atoms with van der Waals surface area (Å²) in [6, 6.07) is 23.4. The zero-order chi connectivity index (χ0) is 22.3. The molecule has 0 radical (unpaired) electrons. The fraction of sp³-hybridized carbons (Fsp3) is 0.200. The summed E-state index contributed by atoms with van der Waals surface area (Å²) in [5.41, 5.74) is 4.53. The van der Waals surface area contributed by atoms with Crippen LogP contribution in [0, 0.1) is 0 Å². The van der Waals surface area contributed by atoms with Crippen molar-refractivity contribution >= 4 is 23.0 Å². The van der Waals surface area contributed by atoms with Crippen molar-refractivity contribution in [3.05, 3.63) is 83.9 Å². The van der Waals surface area contributed by atoms with Gasteiger partial charge in [-0.1, -0.05) is 65.9 Å². The molecule has 1 aliphatic carbocycles. The topological polar surface area (TPSA) is 86.1 Å². The van der Waals surface area contributed by atoms with Crippen LogP contribution in [0.5, 0.6) is 0 Å². The molecule has 32 heavy (non-hydrogen) atoms. The van der Waals surface area contributed by atoms with Gasteiger partial charge < -0.3 is 10.1 Å². The van der Waals surface area contributed by atoms with Crippen LogP contribution in [0.2, 0.25) is 0 Å². The van der Waals surface area contributed by atoms with E-state index in [1.54, 1.807) is 32.0 Å². The number of aromatic nitrogens is 3. The van der Waals surface area contributed by atoms with Gasteiger partial charge in [0.15, 0.2) is 0 Å². The normalized spacial score (nSPS) is 12.9. The molecular formula is C25H22N4O3. The molecule has 7 heteroatoms. The fourth-order valence-electron chi connectivity index (χ4n) is 4.23. The van der Waals surface area contributed by atoms with Gasteiger partial charge in [-0.3, -0.25) is 4.79 Å². The van der Waals surface area contributed by atoms with E-state index in [1.807, 2.05) is 30.3 Å². The number of nitrogens with one attached hydrogen (secondary N) is 1. The standard InChI is InChI=1S/C25H22N4O3/c1-25(2,23(30)29-22-14-8-7-13-21(22)27-28-29)26-24(31)32-15-20-18-11-5-3-9-16(18)17-10-4-6-12-19(17)20/h3-14,20H,15H2,1-2H3,(H,26,31). The molecule has 0 atom stereocenters. The number of alkyl carbamates (subject to hydrolysis) is 1. The van der Waals surface area contributed by atoms with Crippen LogP contribution < -0.4 is 5.32 Å². The third kappa shape index (κ3) is 3.32. The highest BCUT2D eigenvalue weighted by molar-refractivity contribution is 5.96. The van der Waals surface area contributed by atoms with Gasteiger partial charge in [-0.15, -0.1) is 5.10 Å². The summed E-state index contributed by atoms with van der Waals surface area (Å²) in [4.78, 5) is 25.7. The van der Waals surface area contributed by atoms with E-state index in [9.17, 15) is 9.59 Å². The molecule has 1 aromatic heterocycles. The Bertz CT molecular complexity index is 1300. The molecule has 7 nitrogen and oxygen atoms in total. The van der Waals surface area contributed by atoms with Gasteiger partial charge in [0, 0.05) is 5.92 Å². The molecule has 1 N–H and O–H groups in total. The van der Waals surface area contributed by atoms with Crippen molar-refractivity contribution in [1.82, 2.24) is 20.3 Å². The van der Waals surface area contributed by atoms with Crippen molar-refractivity contribution in [2.75, 3.05) is 6.61 Å². The highest BCUT2D eigenvalue weighted by Crippen LogP contribution is 2.44. The Morgan fingerprint density at radius 2 is 1.53 bits per heavy atom. The molecule has 0 saturated carbocycles. The molecular weight excluding hydrogens is 404 g/mol. The Morgan fingerprint density at radius 3 is 2.22 bits per heavy atom. The van der Waals surface area contributed by atoms with Gasteiger partial charge in [0.1, 0.15) is 17.7 Å². The molecule has 0 bridgehead atoms. The third-order valence-electron chi connectivity index (χ3n) is 5.84. The average Bonchev–Trinajstić information content (AvgIpc) is 3.36. The molecule has 0 unspecified atom stereocenters. The van der Waals surface area contributed by atoms with Crippen molar-refractivity contribution < 1.29 is 14.3 Å². The molecule has 0 fully saturated rings. The Balaban J connectivity index is 1.30. The van der Waals surface area contributed by atoms with E-state index in [0.29, 0.717) is 11.0 Å². The number of hydrogen-bond acceptors (Lipinski definition) is 5. The van der Waals surface area contributed by atoms with E-state index in [4.69, 9.17) is 4.74 Å². The molecule has 3 aromatic carbocycles. The minimum Gasteiger partial charge on any atom is -0.449 e. The number of nitrogens with zero attached hydrogens (tertiary/aromatic N) is 3. The third-order valence-corrected chi connectivity index (χ3v) is 5.84. The van der Waals surface area contributed by atoms with E-state index >= 15 is 0 Å². The SMILES string of the molecule is CC(C)(NC(=O)OCC1c2ccccc2-c2ccccc21)C(=O)n1nnc2ccccc21. The number of benzene rings is 3. The van der Waals surface area contributed by atoms with Gasteiger partial charge in [0.25, 0.3) is 5.91 Å². The zero-order valence-electron chi connectivity index (χ0n) is 17.8. The van der Waals surface area contributed by atoms with Crippen molar-refractivity contribution in [3.8, 4) is 11.1 Å².